The molecule has 0 radical (unpaired) electrons. The van der Waals surface area contributed by atoms with E-state index in [1.165, 1.54) is 12.8 Å². The molecule has 1 aliphatic rings. The first-order valence-electron chi connectivity index (χ1n) is 7.12. The van der Waals surface area contributed by atoms with Gasteiger partial charge in [-0.1, -0.05) is 18.0 Å². The maximum Gasteiger partial charge on any atom is 0.276 e. The molecule has 110 valence electrons. The van der Waals surface area contributed by atoms with Crippen molar-refractivity contribution in [3.63, 3.8) is 0 Å². The van der Waals surface area contributed by atoms with Gasteiger partial charge in [0.25, 0.3) is 5.89 Å². The molecule has 0 aromatic carbocycles. The van der Waals surface area contributed by atoms with Gasteiger partial charge in [0.05, 0.1) is 6.42 Å². The highest BCUT2D eigenvalue weighted by Crippen LogP contribution is 2.32. The van der Waals surface area contributed by atoms with Gasteiger partial charge in [-0.25, -0.2) is 9.97 Å². The highest BCUT2D eigenvalue weighted by molar-refractivity contribution is 5.77. The van der Waals surface area contributed by atoms with E-state index >= 15 is 0 Å². The molecule has 0 bridgehead atoms. The quantitative estimate of drug-likeness (QED) is 0.915. The van der Waals surface area contributed by atoms with Crippen molar-refractivity contribution in [1.29, 1.82) is 0 Å². The summed E-state index contributed by atoms with van der Waals surface area (Å²) in [5.74, 6) is 1.80. The Labute approximate surface area is 122 Å². The van der Waals surface area contributed by atoms with Crippen molar-refractivity contribution in [2.75, 3.05) is 7.05 Å². The van der Waals surface area contributed by atoms with Crippen LogP contribution in [0.15, 0.2) is 16.8 Å². The van der Waals surface area contributed by atoms with Gasteiger partial charge in [0.2, 0.25) is 5.91 Å². The summed E-state index contributed by atoms with van der Waals surface area (Å²) in [7, 11) is 1.57. The Morgan fingerprint density at radius 1 is 1.38 bits per heavy atom. The largest absolute Gasteiger partial charge is 0.359 e. The van der Waals surface area contributed by atoms with Crippen molar-refractivity contribution >= 4 is 5.91 Å². The van der Waals surface area contributed by atoms with Gasteiger partial charge in [0, 0.05) is 19.2 Å². The third kappa shape index (κ3) is 3.07. The molecule has 0 atom stereocenters. The molecule has 0 unspecified atom stereocenters. The fourth-order valence-corrected chi connectivity index (χ4v) is 2.54. The third-order valence-corrected chi connectivity index (χ3v) is 3.68. The molecule has 1 aliphatic carbocycles. The van der Waals surface area contributed by atoms with Crippen LogP contribution in [0.2, 0.25) is 0 Å². The van der Waals surface area contributed by atoms with Gasteiger partial charge >= 0.3 is 0 Å². The highest BCUT2D eigenvalue weighted by Gasteiger charge is 2.21. The molecule has 0 saturated heterocycles. The van der Waals surface area contributed by atoms with Gasteiger partial charge in [0.15, 0.2) is 5.82 Å². The molecule has 1 amide bonds. The van der Waals surface area contributed by atoms with E-state index < -0.39 is 0 Å². The van der Waals surface area contributed by atoms with E-state index in [4.69, 9.17) is 4.52 Å². The fraction of sp³-hybridized carbons (Fsp3) is 0.500. The Kier molecular flexibility index (Phi) is 3.89. The zero-order valence-corrected chi connectivity index (χ0v) is 11.9. The van der Waals surface area contributed by atoms with Gasteiger partial charge in [-0.3, -0.25) is 4.79 Å². The molecule has 0 aliphatic heterocycles. The van der Waals surface area contributed by atoms with E-state index in [9.17, 15) is 4.79 Å². The fourth-order valence-electron chi connectivity index (χ4n) is 2.54. The van der Waals surface area contributed by atoms with Crippen molar-refractivity contribution in [3.8, 4) is 11.6 Å². The summed E-state index contributed by atoms with van der Waals surface area (Å²) in [5.41, 5.74) is 0.613. The van der Waals surface area contributed by atoms with E-state index in [0.29, 0.717) is 23.3 Å². The van der Waals surface area contributed by atoms with Crippen LogP contribution in [0, 0.1) is 0 Å². The van der Waals surface area contributed by atoms with Gasteiger partial charge in [-0.15, -0.1) is 0 Å². The Balaban J connectivity index is 1.80. The number of hydrogen-bond acceptors (Lipinski definition) is 6. The maximum absolute atomic E-state index is 11.3. The Morgan fingerprint density at radius 3 is 2.95 bits per heavy atom. The van der Waals surface area contributed by atoms with Crippen molar-refractivity contribution in [2.24, 2.45) is 0 Å². The van der Waals surface area contributed by atoms with E-state index in [1.54, 1.807) is 19.3 Å². The number of aromatic nitrogens is 4. The second-order valence-corrected chi connectivity index (χ2v) is 5.15. The number of likely N-dealkylation sites (N-methyl/N-ethyl adjacent to an activating group) is 1. The number of hydrogen-bond donors (Lipinski definition) is 1. The minimum atomic E-state index is -0.156. The highest BCUT2D eigenvalue weighted by atomic mass is 16.5. The molecule has 7 heteroatoms. The molecule has 2 aromatic rings. The number of carbonyl (C=O) groups excluding carboxylic acids is 1. The van der Waals surface area contributed by atoms with Crippen LogP contribution in [-0.2, 0) is 11.2 Å². The zero-order valence-electron chi connectivity index (χ0n) is 11.9. The van der Waals surface area contributed by atoms with Gasteiger partial charge in [-0.05, 0) is 18.9 Å². The van der Waals surface area contributed by atoms with E-state index in [-0.39, 0.29) is 12.3 Å². The SMILES string of the molecule is CNC(=O)Cc1noc(-c2ccnc(C3CCCC3)n2)n1. The second kappa shape index (κ2) is 5.99. The predicted molar refractivity (Wildman–Crippen MR) is 74.3 cm³/mol. The lowest BCUT2D eigenvalue weighted by molar-refractivity contribution is -0.120. The number of amides is 1. The summed E-state index contributed by atoms with van der Waals surface area (Å²) in [6, 6.07) is 1.75. The van der Waals surface area contributed by atoms with Crippen LogP contribution in [0.3, 0.4) is 0 Å². The van der Waals surface area contributed by atoms with Gasteiger partial charge in [0.1, 0.15) is 11.5 Å². The number of carbonyl (C=O) groups is 1. The van der Waals surface area contributed by atoms with Crippen molar-refractivity contribution in [2.45, 2.75) is 38.0 Å². The molecule has 2 aromatic heterocycles. The summed E-state index contributed by atoms with van der Waals surface area (Å²) in [6.45, 7) is 0. The lowest BCUT2D eigenvalue weighted by Gasteiger charge is -2.06. The Morgan fingerprint density at radius 2 is 2.19 bits per heavy atom. The average molecular weight is 287 g/mol. The van der Waals surface area contributed by atoms with E-state index in [1.807, 2.05) is 0 Å². The van der Waals surface area contributed by atoms with Crippen LogP contribution in [0.25, 0.3) is 11.6 Å². The summed E-state index contributed by atoms with van der Waals surface area (Å²) >= 11 is 0. The first-order valence-corrected chi connectivity index (χ1v) is 7.12. The monoisotopic (exact) mass is 287 g/mol. The standard InChI is InChI=1S/C14H17N5O2/c1-15-12(20)8-11-18-14(21-19-11)10-6-7-16-13(17-10)9-4-2-3-5-9/h6-7,9H,2-5,8H2,1H3,(H,15,20). The molecule has 1 fully saturated rings. The number of rotatable bonds is 4. The molecular weight excluding hydrogens is 270 g/mol. The minimum absolute atomic E-state index is 0.0978. The third-order valence-electron chi connectivity index (χ3n) is 3.68. The lowest BCUT2D eigenvalue weighted by atomic mass is 10.1. The topological polar surface area (TPSA) is 93.8 Å². The Hall–Kier alpha value is -2.31. The molecule has 3 rings (SSSR count). The second-order valence-electron chi connectivity index (χ2n) is 5.15. The molecule has 0 spiro atoms. The molecule has 7 nitrogen and oxygen atoms in total. The van der Waals surface area contributed by atoms with E-state index in [0.717, 1.165) is 18.7 Å². The van der Waals surface area contributed by atoms with Crippen molar-refractivity contribution in [1.82, 2.24) is 25.4 Å². The predicted octanol–water partition coefficient (Wildman–Crippen LogP) is 1.47. The molecular formula is C14H17N5O2. The van der Waals surface area contributed by atoms with Gasteiger partial charge in [-0.2, -0.15) is 4.98 Å². The van der Waals surface area contributed by atoms with Crippen molar-refractivity contribution in [3.05, 3.63) is 23.9 Å². The van der Waals surface area contributed by atoms with Crippen LogP contribution < -0.4 is 5.32 Å². The smallest absolute Gasteiger partial charge is 0.276 e. The first kappa shape index (κ1) is 13.7. The van der Waals surface area contributed by atoms with Crippen LogP contribution in [0.1, 0.15) is 43.3 Å². The zero-order chi connectivity index (χ0) is 14.7. The average Bonchev–Trinajstić information content (AvgIpc) is 3.19. The normalized spacial score (nSPS) is 15.3. The van der Waals surface area contributed by atoms with Gasteiger partial charge < -0.3 is 9.84 Å². The molecule has 21 heavy (non-hydrogen) atoms. The minimum Gasteiger partial charge on any atom is -0.359 e. The molecule has 1 N–H and O–H groups in total. The number of nitrogens with zero attached hydrogens (tertiary/aromatic N) is 4. The summed E-state index contributed by atoms with van der Waals surface area (Å²) in [5, 5.41) is 6.32. The Bertz CT molecular complexity index is 634. The van der Waals surface area contributed by atoms with Crippen LogP contribution in [-0.4, -0.2) is 33.1 Å². The first-order chi connectivity index (χ1) is 10.3. The molecule has 2 heterocycles. The summed E-state index contributed by atoms with van der Waals surface area (Å²) in [6.07, 6.45) is 6.55. The van der Waals surface area contributed by atoms with Crippen LogP contribution in [0.4, 0.5) is 0 Å². The van der Waals surface area contributed by atoms with Crippen molar-refractivity contribution < 1.29 is 9.32 Å². The maximum atomic E-state index is 11.3. The molecule has 1 saturated carbocycles. The van der Waals surface area contributed by atoms with Crippen LogP contribution >= 0.6 is 0 Å². The van der Waals surface area contributed by atoms with E-state index in [2.05, 4.69) is 25.4 Å². The summed E-state index contributed by atoms with van der Waals surface area (Å²) in [4.78, 5) is 24.4. The van der Waals surface area contributed by atoms with Crippen LogP contribution in [0.5, 0.6) is 0 Å². The summed E-state index contributed by atoms with van der Waals surface area (Å²) < 4.78 is 5.18. The number of nitrogens with one attached hydrogen (secondary N) is 1. The lowest BCUT2D eigenvalue weighted by Crippen LogP contribution is -2.20.